The summed E-state index contributed by atoms with van der Waals surface area (Å²) in [5.41, 5.74) is 1.15. The molecule has 1 amide bonds. The van der Waals surface area contributed by atoms with Crippen molar-refractivity contribution in [2.24, 2.45) is 5.92 Å². The number of ether oxygens (including phenoxy) is 2. The van der Waals surface area contributed by atoms with Gasteiger partial charge in [0.1, 0.15) is 11.9 Å². The number of carbonyl (C=O) groups excluding carboxylic acids is 1. The van der Waals surface area contributed by atoms with Gasteiger partial charge in [0, 0.05) is 50.5 Å². The topological polar surface area (TPSA) is 42.0 Å². The molecule has 0 aromatic heterocycles. The largest absolute Gasteiger partial charge is 0.504 e. The molecule has 0 bridgehead atoms. The normalized spacial score (nSPS) is 19.8. The van der Waals surface area contributed by atoms with E-state index >= 15 is 0 Å². The number of likely N-dealkylation sites (tertiary alicyclic amines) is 2. The molecular weight excluding hydrogens is 397 g/mol. The van der Waals surface area contributed by atoms with Gasteiger partial charge in [0.05, 0.1) is 13.4 Å². The fourth-order valence-electron chi connectivity index (χ4n) is 4.19. The molecule has 1 aromatic carbocycles. The van der Waals surface area contributed by atoms with Crippen LogP contribution in [-0.2, 0) is 9.53 Å². The number of rotatable bonds is 6. The van der Waals surface area contributed by atoms with Crippen LogP contribution in [0, 0.1) is 23.4 Å². The highest BCUT2D eigenvalue weighted by Gasteiger charge is 2.32. The van der Waals surface area contributed by atoms with E-state index in [0.29, 0.717) is 38.1 Å². The Morgan fingerprint density at radius 1 is 1.07 bits per heavy atom. The summed E-state index contributed by atoms with van der Waals surface area (Å²) in [6.07, 6.45) is 3.96. The first-order valence-electron chi connectivity index (χ1n) is 10.4. The molecular formula is C22H29F3N2O3. The Hall–Kier alpha value is -2.22. The van der Waals surface area contributed by atoms with Gasteiger partial charge in [0.2, 0.25) is 5.91 Å². The van der Waals surface area contributed by atoms with E-state index in [0.717, 1.165) is 38.0 Å². The summed E-state index contributed by atoms with van der Waals surface area (Å²) in [7, 11) is 1.63. The molecule has 5 nitrogen and oxygen atoms in total. The Morgan fingerprint density at radius 2 is 1.67 bits per heavy atom. The first kappa shape index (κ1) is 22.5. The summed E-state index contributed by atoms with van der Waals surface area (Å²) in [6.45, 7) is 5.58. The summed E-state index contributed by atoms with van der Waals surface area (Å²) in [6, 6.07) is 1.21. The lowest BCUT2D eigenvalue weighted by Crippen LogP contribution is -2.47. The van der Waals surface area contributed by atoms with Crippen LogP contribution in [0.1, 0.15) is 32.6 Å². The van der Waals surface area contributed by atoms with Crippen molar-refractivity contribution >= 4 is 5.91 Å². The summed E-state index contributed by atoms with van der Waals surface area (Å²) in [5, 5.41) is 0. The molecule has 0 saturated carbocycles. The Bertz CT molecular complexity index is 748. The van der Waals surface area contributed by atoms with Gasteiger partial charge in [-0.2, -0.15) is 0 Å². The predicted octanol–water partition coefficient (Wildman–Crippen LogP) is 3.74. The second kappa shape index (κ2) is 10.2. The van der Waals surface area contributed by atoms with E-state index in [9.17, 15) is 18.0 Å². The maximum Gasteiger partial charge on any atom is 0.225 e. The van der Waals surface area contributed by atoms with Crippen molar-refractivity contribution in [1.29, 1.82) is 0 Å². The summed E-state index contributed by atoms with van der Waals surface area (Å²) < 4.78 is 51.1. The third-order valence-electron chi connectivity index (χ3n) is 5.73. The van der Waals surface area contributed by atoms with Gasteiger partial charge < -0.3 is 14.4 Å². The van der Waals surface area contributed by atoms with Gasteiger partial charge in [-0.15, -0.1) is 0 Å². The number of nitrogens with zero attached hydrogens (tertiary/aromatic N) is 2. The van der Waals surface area contributed by atoms with Crippen molar-refractivity contribution in [3.05, 3.63) is 41.4 Å². The number of piperidine rings is 2. The minimum absolute atomic E-state index is 0.0115. The Balaban J connectivity index is 1.45. The second-order valence-electron chi connectivity index (χ2n) is 8.09. The van der Waals surface area contributed by atoms with Gasteiger partial charge in [-0.05, 0) is 38.4 Å². The second-order valence-corrected chi connectivity index (χ2v) is 8.09. The molecule has 1 aromatic rings. The van der Waals surface area contributed by atoms with Gasteiger partial charge in [0.25, 0.3) is 0 Å². The van der Waals surface area contributed by atoms with Crippen molar-refractivity contribution in [2.45, 2.75) is 38.7 Å². The molecule has 0 N–H and O–H groups in total. The van der Waals surface area contributed by atoms with Gasteiger partial charge in [-0.25, -0.2) is 13.2 Å². The van der Waals surface area contributed by atoms with Crippen LogP contribution < -0.4 is 4.74 Å². The zero-order chi connectivity index (χ0) is 21.7. The number of hydrogen-bond donors (Lipinski definition) is 0. The van der Waals surface area contributed by atoms with Crippen molar-refractivity contribution in [3.8, 4) is 5.75 Å². The fourth-order valence-corrected chi connectivity index (χ4v) is 4.19. The molecule has 3 rings (SSSR count). The third-order valence-corrected chi connectivity index (χ3v) is 5.73. The van der Waals surface area contributed by atoms with E-state index in [1.807, 2.05) is 11.8 Å². The van der Waals surface area contributed by atoms with Crippen LogP contribution >= 0.6 is 0 Å². The average molecular weight is 426 g/mol. The monoisotopic (exact) mass is 426 g/mol. The molecule has 8 heteroatoms. The number of amides is 1. The van der Waals surface area contributed by atoms with Crippen LogP contribution in [0.25, 0.3) is 0 Å². The number of benzene rings is 1. The number of carbonyl (C=O) groups is 1. The summed E-state index contributed by atoms with van der Waals surface area (Å²) in [5.74, 6) is -3.46. The van der Waals surface area contributed by atoms with E-state index in [1.165, 1.54) is 0 Å². The van der Waals surface area contributed by atoms with Gasteiger partial charge in [-0.1, -0.05) is 0 Å². The molecule has 2 heterocycles. The molecule has 166 valence electrons. The molecule has 0 radical (unpaired) electrons. The zero-order valence-electron chi connectivity index (χ0n) is 17.5. The summed E-state index contributed by atoms with van der Waals surface area (Å²) in [4.78, 5) is 17.0. The third kappa shape index (κ3) is 5.68. The van der Waals surface area contributed by atoms with Crippen LogP contribution in [0.15, 0.2) is 24.0 Å². The van der Waals surface area contributed by atoms with Crippen LogP contribution in [0.2, 0.25) is 0 Å². The van der Waals surface area contributed by atoms with Crippen molar-refractivity contribution < 1.29 is 27.4 Å². The molecule has 30 heavy (non-hydrogen) atoms. The maximum atomic E-state index is 13.8. The lowest BCUT2D eigenvalue weighted by Gasteiger charge is -2.37. The van der Waals surface area contributed by atoms with Gasteiger partial charge in [0.15, 0.2) is 17.4 Å². The molecule has 2 aliphatic heterocycles. The minimum Gasteiger partial charge on any atom is -0.504 e. The molecule has 0 spiro atoms. The van der Waals surface area contributed by atoms with Crippen molar-refractivity contribution in [1.82, 2.24) is 9.80 Å². The van der Waals surface area contributed by atoms with Crippen molar-refractivity contribution in [2.75, 3.05) is 39.8 Å². The Labute approximate surface area is 175 Å². The Kier molecular flexibility index (Phi) is 7.64. The van der Waals surface area contributed by atoms with E-state index in [2.05, 4.69) is 4.90 Å². The lowest BCUT2D eigenvalue weighted by atomic mass is 9.94. The maximum absolute atomic E-state index is 13.8. The zero-order valence-corrected chi connectivity index (χ0v) is 17.5. The molecule has 2 saturated heterocycles. The van der Waals surface area contributed by atoms with Crippen LogP contribution in [-0.4, -0.2) is 61.6 Å². The molecule has 2 fully saturated rings. The molecule has 0 aliphatic carbocycles. The SMILES string of the molecule is CO/C=C(\C)CN1CCC(C(=O)N2CCC(Oc3c(F)cc(F)cc3F)CC2)CC1. The van der Waals surface area contributed by atoms with E-state index in [-0.39, 0.29) is 11.8 Å². The molecule has 0 atom stereocenters. The highest BCUT2D eigenvalue weighted by molar-refractivity contribution is 5.79. The average Bonchev–Trinajstić information content (AvgIpc) is 2.71. The molecule has 0 unspecified atom stereocenters. The van der Waals surface area contributed by atoms with E-state index in [4.69, 9.17) is 9.47 Å². The van der Waals surface area contributed by atoms with Crippen LogP contribution in [0.3, 0.4) is 0 Å². The fraction of sp³-hybridized carbons (Fsp3) is 0.591. The van der Waals surface area contributed by atoms with Crippen LogP contribution in [0.5, 0.6) is 5.75 Å². The van der Waals surface area contributed by atoms with Gasteiger partial charge in [-0.3, -0.25) is 9.69 Å². The smallest absolute Gasteiger partial charge is 0.225 e. The highest BCUT2D eigenvalue weighted by atomic mass is 19.1. The lowest BCUT2D eigenvalue weighted by molar-refractivity contribution is -0.138. The number of halogens is 3. The predicted molar refractivity (Wildman–Crippen MR) is 106 cm³/mol. The Morgan fingerprint density at radius 3 is 2.23 bits per heavy atom. The first-order valence-corrected chi connectivity index (χ1v) is 10.4. The van der Waals surface area contributed by atoms with Crippen LogP contribution in [0.4, 0.5) is 13.2 Å². The first-order chi connectivity index (χ1) is 14.4. The van der Waals surface area contributed by atoms with E-state index < -0.39 is 29.3 Å². The molecule has 2 aliphatic rings. The summed E-state index contributed by atoms with van der Waals surface area (Å²) >= 11 is 0. The quantitative estimate of drug-likeness (QED) is 0.650. The number of methoxy groups -OCH3 is 1. The van der Waals surface area contributed by atoms with E-state index in [1.54, 1.807) is 13.4 Å². The number of hydrogen-bond acceptors (Lipinski definition) is 4. The van der Waals surface area contributed by atoms with Gasteiger partial charge >= 0.3 is 0 Å². The standard InChI is InChI=1S/C22H29F3N2O3/c1-15(14-29-2)13-26-7-3-16(4-8-26)22(28)27-9-5-18(6-10-27)30-21-19(24)11-17(23)12-20(21)25/h11-12,14,16,18H,3-10,13H2,1-2H3/b15-14+. The minimum atomic E-state index is -1.05. The van der Waals surface area contributed by atoms with Crippen molar-refractivity contribution in [3.63, 3.8) is 0 Å². The highest BCUT2D eigenvalue weighted by Crippen LogP contribution is 2.28.